The van der Waals surface area contributed by atoms with Gasteiger partial charge in [0.25, 0.3) is 0 Å². The Morgan fingerprint density at radius 3 is 2.27 bits per heavy atom. The fraction of sp³-hybridized carbons (Fsp3) is 0.619. The molecule has 5 heteroatoms. The Morgan fingerprint density at radius 2 is 1.69 bits per heavy atom. The summed E-state index contributed by atoms with van der Waals surface area (Å²) in [6.45, 7) is 3.83. The molecule has 1 aliphatic rings. The van der Waals surface area contributed by atoms with Crippen LogP contribution in [0.3, 0.4) is 0 Å². The Kier molecular flexibility index (Phi) is 7.06. The van der Waals surface area contributed by atoms with Gasteiger partial charge in [0.2, 0.25) is 5.91 Å². The molecule has 0 bridgehead atoms. The summed E-state index contributed by atoms with van der Waals surface area (Å²) in [4.78, 5) is 25.6. The number of methoxy groups -OCH3 is 2. The first kappa shape index (κ1) is 20.3. The number of ether oxygens (including phenoxy) is 2. The first-order chi connectivity index (χ1) is 12.4. The molecule has 5 nitrogen and oxygen atoms in total. The molecule has 1 amide bonds. The molecule has 1 fully saturated rings. The van der Waals surface area contributed by atoms with Gasteiger partial charge in [-0.15, -0.1) is 0 Å². The summed E-state index contributed by atoms with van der Waals surface area (Å²) in [6, 6.07) is 5.81. The molecule has 1 saturated carbocycles. The molecule has 0 radical (unpaired) electrons. The van der Waals surface area contributed by atoms with Crippen LogP contribution in [0.1, 0.15) is 68.9 Å². The third kappa shape index (κ3) is 4.57. The van der Waals surface area contributed by atoms with E-state index in [9.17, 15) is 9.59 Å². The van der Waals surface area contributed by atoms with Gasteiger partial charge < -0.3 is 14.8 Å². The molecule has 0 aromatic heterocycles. The topological polar surface area (TPSA) is 64.6 Å². The van der Waals surface area contributed by atoms with Crippen LogP contribution < -0.4 is 10.1 Å². The van der Waals surface area contributed by atoms with E-state index in [2.05, 4.69) is 5.32 Å². The second-order valence-electron chi connectivity index (χ2n) is 7.30. The number of esters is 1. The Bertz CT molecular complexity index is 633. The zero-order valence-electron chi connectivity index (χ0n) is 16.4. The number of carbonyl (C=O) groups excluding carboxylic acids is 2. The van der Waals surface area contributed by atoms with Crippen molar-refractivity contribution in [3.05, 3.63) is 29.3 Å². The van der Waals surface area contributed by atoms with Crippen LogP contribution in [0.25, 0.3) is 0 Å². The number of aryl methyl sites for hydroxylation is 1. The number of hydrogen-bond acceptors (Lipinski definition) is 4. The van der Waals surface area contributed by atoms with E-state index in [0.717, 1.165) is 36.8 Å². The van der Waals surface area contributed by atoms with Crippen molar-refractivity contribution in [1.29, 1.82) is 0 Å². The molecule has 0 aliphatic heterocycles. The van der Waals surface area contributed by atoms with E-state index >= 15 is 0 Å². The van der Waals surface area contributed by atoms with Crippen molar-refractivity contribution in [2.75, 3.05) is 14.2 Å². The van der Waals surface area contributed by atoms with E-state index < -0.39 is 11.5 Å². The predicted octanol–water partition coefficient (Wildman–Crippen LogP) is 3.88. The van der Waals surface area contributed by atoms with E-state index in [1.807, 2.05) is 32.0 Å². The molecule has 2 rings (SSSR count). The minimum absolute atomic E-state index is 0.168. The van der Waals surface area contributed by atoms with Gasteiger partial charge in [0.15, 0.2) is 0 Å². The van der Waals surface area contributed by atoms with E-state index in [0.29, 0.717) is 18.6 Å². The fourth-order valence-electron chi connectivity index (χ4n) is 3.75. The fourth-order valence-corrected chi connectivity index (χ4v) is 3.75. The lowest BCUT2D eigenvalue weighted by molar-refractivity contribution is -0.152. The number of nitrogens with one attached hydrogen (secondary N) is 1. The van der Waals surface area contributed by atoms with Crippen molar-refractivity contribution in [2.24, 2.45) is 0 Å². The molecule has 0 saturated heterocycles. The first-order valence-corrected chi connectivity index (χ1v) is 9.48. The van der Waals surface area contributed by atoms with Crippen molar-refractivity contribution >= 4 is 11.9 Å². The average molecular weight is 361 g/mol. The molecule has 1 atom stereocenters. The highest BCUT2D eigenvalue weighted by Gasteiger charge is 2.41. The van der Waals surface area contributed by atoms with E-state index in [1.54, 1.807) is 7.11 Å². The van der Waals surface area contributed by atoms with E-state index in [-0.39, 0.29) is 11.9 Å². The lowest BCUT2D eigenvalue weighted by Crippen LogP contribution is -2.56. The second-order valence-corrected chi connectivity index (χ2v) is 7.30. The summed E-state index contributed by atoms with van der Waals surface area (Å²) < 4.78 is 10.5. The number of carbonyl (C=O) groups is 2. The third-order valence-corrected chi connectivity index (χ3v) is 5.39. The van der Waals surface area contributed by atoms with Gasteiger partial charge in [-0.2, -0.15) is 0 Å². The highest BCUT2D eigenvalue weighted by molar-refractivity contribution is 5.91. The van der Waals surface area contributed by atoms with Crippen molar-refractivity contribution in [1.82, 2.24) is 5.32 Å². The van der Waals surface area contributed by atoms with E-state index in [1.165, 1.54) is 13.5 Å². The average Bonchev–Trinajstić information content (AvgIpc) is 2.62. The zero-order chi connectivity index (χ0) is 19.2. The smallest absolute Gasteiger partial charge is 0.331 e. The highest BCUT2D eigenvalue weighted by atomic mass is 16.5. The first-order valence-electron chi connectivity index (χ1n) is 9.48. The van der Waals surface area contributed by atoms with Gasteiger partial charge in [-0.1, -0.05) is 44.2 Å². The molecule has 144 valence electrons. The molecule has 0 heterocycles. The lowest BCUT2D eigenvalue weighted by Gasteiger charge is -2.34. The minimum atomic E-state index is -0.918. The standard InChI is InChI=1S/C21H31NO4/c1-15-10-11-17(18(14-15)25-3)16(2)19(23)22-21(20(24)26-4)12-8-6-5-7-9-13-21/h10-11,14,16H,5-9,12-13H2,1-4H3,(H,22,23). The van der Waals surface area contributed by atoms with Crippen LogP contribution in [0.2, 0.25) is 0 Å². The number of hydrogen-bond donors (Lipinski definition) is 1. The Balaban J connectivity index is 2.24. The molecule has 0 spiro atoms. The summed E-state index contributed by atoms with van der Waals surface area (Å²) in [5.74, 6) is -0.232. The van der Waals surface area contributed by atoms with Crippen molar-refractivity contribution in [3.8, 4) is 5.75 Å². The van der Waals surface area contributed by atoms with Crippen molar-refractivity contribution in [2.45, 2.75) is 70.3 Å². The van der Waals surface area contributed by atoms with Gasteiger partial charge in [-0.25, -0.2) is 4.79 Å². The molecule has 1 aromatic carbocycles. The largest absolute Gasteiger partial charge is 0.496 e. The van der Waals surface area contributed by atoms with Crippen molar-refractivity contribution < 1.29 is 19.1 Å². The number of amides is 1. The minimum Gasteiger partial charge on any atom is -0.496 e. The number of benzene rings is 1. The van der Waals surface area contributed by atoms with Crippen LogP contribution in [-0.4, -0.2) is 31.6 Å². The maximum atomic E-state index is 13.0. The van der Waals surface area contributed by atoms with Gasteiger partial charge in [0, 0.05) is 5.56 Å². The predicted molar refractivity (Wildman–Crippen MR) is 101 cm³/mol. The molecule has 1 N–H and O–H groups in total. The quantitative estimate of drug-likeness (QED) is 0.809. The molecule has 26 heavy (non-hydrogen) atoms. The monoisotopic (exact) mass is 361 g/mol. The van der Waals surface area contributed by atoms with Crippen LogP contribution in [0.15, 0.2) is 18.2 Å². The SMILES string of the molecule is COC(=O)C1(NC(=O)C(C)c2ccc(C)cc2OC)CCCCCCC1. The maximum absolute atomic E-state index is 13.0. The van der Waals surface area contributed by atoms with Gasteiger partial charge in [0.05, 0.1) is 20.1 Å². The highest BCUT2D eigenvalue weighted by Crippen LogP contribution is 2.31. The summed E-state index contributed by atoms with van der Waals surface area (Å²) in [5.41, 5.74) is 0.976. The van der Waals surface area contributed by atoms with Gasteiger partial charge in [-0.3, -0.25) is 4.79 Å². The maximum Gasteiger partial charge on any atom is 0.331 e. The lowest BCUT2D eigenvalue weighted by atomic mass is 9.83. The Morgan fingerprint density at radius 1 is 1.08 bits per heavy atom. The van der Waals surface area contributed by atoms with Crippen LogP contribution in [0, 0.1) is 6.92 Å². The molecule has 1 aromatic rings. The van der Waals surface area contributed by atoms with Gasteiger partial charge in [-0.05, 0) is 38.3 Å². The summed E-state index contributed by atoms with van der Waals surface area (Å²) in [7, 11) is 3.00. The summed E-state index contributed by atoms with van der Waals surface area (Å²) in [6.07, 6.45) is 6.43. The molecular weight excluding hydrogens is 330 g/mol. The van der Waals surface area contributed by atoms with E-state index in [4.69, 9.17) is 9.47 Å². The summed E-state index contributed by atoms with van der Waals surface area (Å²) >= 11 is 0. The van der Waals surface area contributed by atoms with Crippen LogP contribution in [-0.2, 0) is 14.3 Å². The molecule has 1 aliphatic carbocycles. The van der Waals surface area contributed by atoms with Crippen LogP contribution in [0.5, 0.6) is 5.75 Å². The third-order valence-electron chi connectivity index (χ3n) is 5.39. The molecule has 1 unspecified atom stereocenters. The second kappa shape index (κ2) is 9.06. The Hall–Kier alpha value is -2.04. The zero-order valence-corrected chi connectivity index (χ0v) is 16.4. The van der Waals surface area contributed by atoms with Crippen LogP contribution >= 0.6 is 0 Å². The normalized spacial score (nSPS) is 18.2. The van der Waals surface area contributed by atoms with Crippen molar-refractivity contribution in [3.63, 3.8) is 0 Å². The van der Waals surface area contributed by atoms with Crippen LogP contribution in [0.4, 0.5) is 0 Å². The Labute approximate surface area is 156 Å². The summed E-state index contributed by atoms with van der Waals surface area (Å²) in [5, 5.41) is 3.05. The molecular formula is C21H31NO4. The van der Waals surface area contributed by atoms with Gasteiger partial charge >= 0.3 is 5.97 Å². The number of rotatable bonds is 5. The van der Waals surface area contributed by atoms with Gasteiger partial charge in [0.1, 0.15) is 11.3 Å².